The van der Waals surface area contributed by atoms with Crippen LogP contribution in [-0.4, -0.2) is 53.3 Å². The number of aliphatic carboxylic acids is 1. The number of hydrogen-bond acceptors (Lipinski definition) is 5. The molecule has 1 saturated heterocycles. The van der Waals surface area contributed by atoms with E-state index >= 15 is 0 Å². The van der Waals surface area contributed by atoms with Gasteiger partial charge in [0.25, 0.3) is 0 Å². The SMILES string of the molecule is CC(C)(C)COCc1ccc(CN2CCC(=O)C(C(=O)NCC(=O)O)C2=O)cc1. The summed E-state index contributed by atoms with van der Waals surface area (Å²) in [5.41, 5.74) is 1.99. The minimum absolute atomic E-state index is 0.0651. The van der Waals surface area contributed by atoms with Gasteiger partial charge in [-0.15, -0.1) is 0 Å². The maximum Gasteiger partial charge on any atom is 0.322 e. The Morgan fingerprint density at radius 1 is 1.17 bits per heavy atom. The van der Waals surface area contributed by atoms with E-state index in [1.807, 2.05) is 24.3 Å². The zero-order valence-corrected chi connectivity index (χ0v) is 17.1. The van der Waals surface area contributed by atoms with Crippen molar-refractivity contribution in [3.8, 4) is 0 Å². The molecule has 1 aliphatic heterocycles. The average Bonchev–Trinajstić information content (AvgIpc) is 2.63. The number of amides is 2. The number of carbonyl (C=O) groups excluding carboxylic acids is 3. The Hall–Kier alpha value is -2.74. The molecule has 0 bridgehead atoms. The first-order chi connectivity index (χ1) is 13.6. The minimum Gasteiger partial charge on any atom is -0.480 e. The number of likely N-dealkylation sites (tertiary alicyclic amines) is 1. The smallest absolute Gasteiger partial charge is 0.322 e. The lowest BCUT2D eigenvalue weighted by Gasteiger charge is -2.30. The van der Waals surface area contributed by atoms with Crippen LogP contribution in [-0.2, 0) is 37.1 Å². The van der Waals surface area contributed by atoms with Gasteiger partial charge in [0.1, 0.15) is 6.54 Å². The number of carboxylic acid groups (broad SMARTS) is 1. The summed E-state index contributed by atoms with van der Waals surface area (Å²) in [5.74, 6) is -4.66. The van der Waals surface area contributed by atoms with Crippen LogP contribution in [0.1, 0.15) is 38.3 Å². The third-order valence-electron chi connectivity index (χ3n) is 4.38. The molecule has 1 aliphatic rings. The van der Waals surface area contributed by atoms with Crippen LogP contribution in [0.2, 0.25) is 0 Å². The lowest BCUT2D eigenvalue weighted by Crippen LogP contribution is -2.52. The summed E-state index contributed by atoms with van der Waals surface area (Å²) in [6.07, 6.45) is 0.0651. The maximum absolute atomic E-state index is 12.6. The fourth-order valence-electron chi connectivity index (χ4n) is 2.94. The summed E-state index contributed by atoms with van der Waals surface area (Å²) in [4.78, 5) is 48.8. The average molecular weight is 404 g/mol. The lowest BCUT2D eigenvalue weighted by molar-refractivity contribution is -0.152. The number of hydrogen-bond donors (Lipinski definition) is 2. The number of carbonyl (C=O) groups is 4. The van der Waals surface area contributed by atoms with Gasteiger partial charge in [0, 0.05) is 19.5 Å². The Morgan fingerprint density at radius 3 is 2.38 bits per heavy atom. The van der Waals surface area contributed by atoms with Gasteiger partial charge in [-0.25, -0.2) is 0 Å². The third-order valence-corrected chi connectivity index (χ3v) is 4.38. The molecule has 8 heteroatoms. The van der Waals surface area contributed by atoms with Gasteiger partial charge in [0.15, 0.2) is 11.7 Å². The van der Waals surface area contributed by atoms with Crippen LogP contribution in [0.4, 0.5) is 0 Å². The van der Waals surface area contributed by atoms with Crippen molar-refractivity contribution in [1.82, 2.24) is 10.2 Å². The molecule has 2 N–H and O–H groups in total. The first-order valence-electron chi connectivity index (χ1n) is 9.53. The van der Waals surface area contributed by atoms with Crippen LogP contribution in [0.15, 0.2) is 24.3 Å². The summed E-state index contributed by atoms with van der Waals surface area (Å²) >= 11 is 0. The predicted molar refractivity (Wildman–Crippen MR) is 105 cm³/mol. The van der Waals surface area contributed by atoms with Crippen LogP contribution >= 0.6 is 0 Å². The van der Waals surface area contributed by atoms with Gasteiger partial charge in [-0.05, 0) is 16.5 Å². The van der Waals surface area contributed by atoms with Crippen molar-refractivity contribution < 1.29 is 29.0 Å². The van der Waals surface area contributed by atoms with Crippen molar-refractivity contribution in [3.05, 3.63) is 35.4 Å². The molecule has 0 radical (unpaired) electrons. The molecule has 2 amide bonds. The molecule has 1 aromatic carbocycles. The van der Waals surface area contributed by atoms with Crippen LogP contribution < -0.4 is 5.32 Å². The van der Waals surface area contributed by atoms with Crippen molar-refractivity contribution in [2.75, 3.05) is 19.7 Å². The summed E-state index contributed by atoms with van der Waals surface area (Å²) in [7, 11) is 0. The van der Waals surface area contributed by atoms with E-state index in [2.05, 4.69) is 26.1 Å². The van der Waals surface area contributed by atoms with Crippen molar-refractivity contribution >= 4 is 23.6 Å². The van der Waals surface area contributed by atoms with E-state index in [1.54, 1.807) is 0 Å². The molecule has 0 saturated carbocycles. The molecule has 1 unspecified atom stereocenters. The molecule has 2 rings (SSSR count). The number of rotatable bonds is 8. The maximum atomic E-state index is 12.6. The number of benzene rings is 1. The lowest BCUT2D eigenvalue weighted by atomic mass is 9.94. The normalized spacial score (nSPS) is 17.3. The van der Waals surface area contributed by atoms with E-state index in [4.69, 9.17) is 9.84 Å². The zero-order chi connectivity index (χ0) is 21.6. The van der Waals surface area contributed by atoms with Crippen LogP contribution in [0.25, 0.3) is 0 Å². The number of Topliss-reactive ketones (excluding diaryl/α,β-unsaturated/α-hetero) is 1. The van der Waals surface area contributed by atoms with E-state index in [-0.39, 0.29) is 24.9 Å². The Balaban J connectivity index is 1.95. The van der Waals surface area contributed by atoms with Gasteiger partial charge >= 0.3 is 5.97 Å². The Kier molecular flexibility index (Phi) is 7.50. The van der Waals surface area contributed by atoms with Gasteiger partial charge in [-0.1, -0.05) is 45.0 Å². The molecular weight excluding hydrogens is 376 g/mol. The largest absolute Gasteiger partial charge is 0.480 e. The second kappa shape index (κ2) is 9.65. The first-order valence-corrected chi connectivity index (χ1v) is 9.53. The molecule has 8 nitrogen and oxygen atoms in total. The highest BCUT2D eigenvalue weighted by molar-refractivity contribution is 6.19. The molecule has 1 atom stereocenters. The third kappa shape index (κ3) is 6.98. The van der Waals surface area contributed by atoms with Gasteiger partial charge in [0.05, 0.1) is 13.2 Å². The summed E-state index contributed by atoms with van der Waals surface area (Å²) in [6.45, 7) is 7.34. The van der Waals surface area contributed by atoms with Gasteiger partial charge in [-0.3, -0.25) is 19.2 Å². The molecule has 0 aromatic heterocycles. The summed E-state index contributed by atoms with van der Waals surface area (Å²) < 4.78 is 5.69. The highest BCUT2D eigenvalue weighted by atomic mass is 16.5. The van der Waals surface area contributed by atoms with Crippen molar-refractivity contribution in [2.24, 2.45) is 11.3 Å². The highest BCUT2D eigenvalue weighted by Gasteiger charge is 2.40. The van der Waals surface area contributed by atoms with Crippen LogP contribution in [0, 0.1) is 11.3 Å². The minimum atomic E-state index is -1.48. The standard InChI is InChI=1S/C21H28N2O6/c1-21(2,3)13-29-12-15-6-4-14(5-7-15)11-23-9-8-16(24)18(20(23)28)19(27)22-10-17(25)26/h4-7,18H,8-13H2,1-3H3,(H,22,27)(H,25,26). The van der Waals surface area contributed by atoms with E-state index in [1.165, 1.54) is 4.90 Å². The fourth-order valence-corrected chi connectivity index (χ4v) is 2.94. The van der Waals surface area contributed by atoms with Crippen molar-refractivity contribution in [1.29, 1.82) is 0 Å². The molecule has 1 heterocycles. The molecule has 0 spiro atoms. The van der Waals surface area contributed by atoms with E-state index < -0.39 is 36.0 Å². The second-order valence-corrected chi connectivity index (χ2v) is 8.39. The molecule has 0 aliphatic carbocycles. The van der Waals surface area contributed by atoms with Gasteiger partial charge in [0.2, 0.25) is 11.8 Å². The topological polar surface area (TPSA) is 113 Å². The summed E-state index contributed by atoms with van der Waals surface area (Å²) in [5, 5.41) is 10.8. The molecule has 158 valence electrons. The Labute approximate surface area is 170 Å². The number of ketones is 1. The first kappa shape index (κ1) is 22.5. The van der Waals surface area contributed by atoms with Gasteiger partial charge in [-0.2, -0.15) is 0 Å². The Morgan fingerprint density at radius 2 is 1.79 bits per heavy atom. The second-order valence-electron chi connectivity index (χ2n) is 8.39. The van der Waals surface area contributed by atoms with Crippen LogP contribution in [0.5, 0.6) is 0 Å². The van der Waals surface area contributed by atoms with Gasteiger partial charge < -0.3 is 20.1 Å². The number of carboxylic acids is 1. The number of piperidine rings is 1. The van der Waals surface area contributed by atoms with E-state index in [0.717, 1.165) is 11.1 Å². The quantitative estimate of drug-likeness (QED) is 0.633. The van der Waals surface area contributed by atoms with Crippen molar-refractivity contribution in [3.63, 3.8) is 0 Å². The predicted octanol–water partition coefficient (Wildman–Crippen LogP) is 1.37. The van der Waals surface area contributed by atoms with Crippen molar-refractivity contribution in [2.45, 2.75) is 40.3 Å². The molecule has 29 heavy (non-hydrogen) atoms. The fraction of sp³-hybridized carbons (Fsp3) is 0.524. The molecule has 1 fully saturated rings. The monoisotopic (exact) mass is 404 g/mol. The molecule has 1 aromatic rings. The Bertz CT molecular complexity index is 766. The number of nitrogens with one attached hydrogen (secondary N) is 1. The van der Waals surface area contributed by atoms with Crippen LogP contribution in [0.3, 0.4) is 0 Å². The van der Waals surface area contributed by atoms with E-state index in [9.17, 15) is 19.2 Å². The summed E-state index contributed by atoms with van der Waals surface area (Å²) in [6, 6.07) is 7.63. The van der Waals surface area contributed by atoms with E-state index in [0.29, 0.717) is 13.2 Å². The number of ether oxygens (including phenoxy) is 1. The zero-order valence-electron chi connectivity index (χ0n) is 17.1. The number of nitrogens with zero attached hydrogens (tertiary/aromatic N) is 1. The highest BCUT2D eigenvalue weighted by Crippen LogP contribution is 2.19. The molecular formula is C21H28N2O6.